The van der Waals surface area contributed by atoms with Gasteiger partial charge in [0.1, 0.15) is 23.7 Å². The van der Waals surface area contributed by atoms with Crippen molar-refractivity contribution >= 4 is 5.69 Å². The largest absolute Gasteiger partial charge is 0.508 e. The minimum atomic E-state index is -0.800. The van der Waals surface area contributed by atoms with E-state index in [2.05, 4.69) is 9.74 Å². The predicted octanol–water partition coefficient (Wildman–Crippen LogP) is 3.39. The van der Waals surface area contributed by atoms with Crippen LogP contribution in [0.5, 0.6) is 11.5 Å². The molecule has 0 saturated carbocycles. The molecule has 1 aliphatic heterocycles. The smallest absolute Gasteiger partial charge is 0.187 e. The quantitative estimate of drug-likeness (QED) is 0.783. The molecule has 0 aliphatic carbocycles. The van der Waals surface area contributed by atoms with E-state index in [0.717, 1.165) is 26.1 Å². The molecule has 26 heavy (non-hydrogen) atoms. The molecule has 0 aromatic heterocycles. The lowest BCUT2D eigenvalue weighted by Gasteiger charge is -2.38. The Morgan fingerprint density at radius 1 is 1.04 bits per heavy atom. The molecule has 1 saturated heterocycles. The van der Waals surface area contributed by atoms with E-state index in [9.17, 15) is 10.2 Å². The Balaban J connectivity index is 1.42. The second kappa shape index (κ2) is 8.22. The number of ether oxygens (including phenoxy) is 1. The third-order valence-corrected chi connectivity index (χ3v) is 4.91. The molecule has 5 nitrogen and oxygen atoms in total. The molecule has 2 N–H and O–H groups in total. The SMILES string of the molecule is [C-]#[N+]c1ccc(CCN2CCC(O)(COc3ccc(O)cc3)CC2)cc1. The van der Waals surface area contributed by atoms with E-state index in [0.29, 0.717) is 24.3 Å². The van der Waals surface area contributed by atoms with Crippen LogP contribution in [-0.2, 0) is 6.42 Å². The van der Waals surface area contributed by atoms with Gasteiger partial charge in [-0.15, -0.1) is 0 Å². The summed E-state index contributed by atoms with van der Waals surface area (Å²) in [5.41, 5.74) is 1.10. The standard InChI is InChI=1S/C21H24N2O3/c1-22-18-4-2-17(3-5-18)10-13-23-14-11-21(25,12-15-23)16-26-20-8-6-19(24)7-9-20/h2-9,24-25H,10-16H2. The Kier molecular flexibility index (Phi) is 5.77. The third kappa shape index (κ3) is 4.98. The van der Waals surface area contributed by atoms with Gasteiger partial charge < -0.3 is 19.8 Å². The van der Waals surface area contributed by atoms with Gasteiger partial charge in [0.05, 0.1) is 6.57 Å². The summed E-state index contributed by atoms with van der Waals surface area (Å²) in [4.78, 5) is 5.77. The fourth-order valence-electron chi connectivity index (χ4n) is 3.12. The van der Waals surface area contributed by atoms with Gasteiger partial charge in [0, 0.05) is 19.6 Å². The number of aliphatic hydroxyl groups is 1. The first-order valence-electron chi connectivity index (χ1n) is 8.89. The van der Waals surface area contributed by atoms with E-state index in [1.807, 2.05) is 24.3 Å². The van der Waals surface area contributed by atoms with Gasteiger partial charge >= 0.3 is 0 Å². The van der Waals surface area contributed by atoms with Crippen LogP contribution in [-0.4, -0.2) is 47.0 Å². The summed E-state index contributed by atoms with van der Waals surface area (Å²) in [7, 11) is 0. The molecule has 0 unspecified atom stereocenters. The average Bonchev–Trinajstić information content (AvgIpc) is 2.68. The van der Waals surface area contributed by atoms with Gasteiger partial charge in [0.2, 0.25) is 0 Å². The zero-order valence-corrected chi connectivity index (χ0v) is 14.8. The lowest BCUT2D eigenvalue weighted by molar-refractivity contribution is -0.0521. The van der Waals surface area contributed by atoms with Gasteiger partial charge in [-0.1, -0.05) is 24.3 Å². The van der Waals surface area contributed by atoms with Crippen molar-refractivity contribution in [3.05, 3.63) is 65.5 Å². The number of nitrogens with zero attached hydrogens (tertiary/aromatic N) is 2. The highest BCUT2D eigenvalue weighted by Crippen LogP contribution is 2.25. The number of likely N-dealkylation sites (tertiary alicyclic amines) is 1. The molecule has 1 heterocycles. The van der Waals surface area contributed by atoms with E-state index in [-0.39, 0.29) is 12.4 Å². The Morgan fingerprint density at radius 3 is 2.31 bits per heavy atom. The molecule has 0 atom stereocenters. The Labute approximate surface area is 154 Å². The number of aromatic hydroxyl groups is 1. The van der Waals surface area contributed by atoms with E-state index in [4.69, 9.17) is 11.3 Å². The summed E-state index contributed by atoms with van der Waals surface area (Å²) in [6.45, 7) is 9.89. The van der Waals surface area contributed by atoms with Crippen LogP contribution < -0.4 is 4.74 Å². The summed E-state index contributed by atoms with van der Waals surface area (Å²) in [5, 5.41) is 20.0. The highest BCUT2D eigenvalue weighted by molar-refractivity contribution is 5.45. The lowest BCUT2D eigenvalue weighted by atomic mass is 9.92. The number of benzene rings is 2. The van der Waals surface area contributed by atoms with Crippen molar-refractivity contribution in [3.63, 3.8) is 0 Å². The minimum Gasteiger partial charge on any atom is -0.508 e. The maximum atomic E-state index is 10.7. The molecule has 2 aromatic carbocycles. The van der Waals surface area contributed by atoms with Crippen molar-refractivity contribution < 1.29 is 14.9 Å². The fraction of sp³-hybridized carbons (Fsp3) is 0.381. The third-order valence-electron chi connectivity index (χ3n) is 4.91. The first kappa shape index (κ1) is 18.2. The minimum absolute atomic E-state index is 0.202. The first-order valence-corrected chi connectivity index (χ1v) is 8.89. The average molecular weight is 352 g/mol. The molecule has 1 fully saturated rings. The van der Waals surface area contributed by atoms with Gasteiger partial charge in [-0.25, -0.2) is 4.85 Å². The van der Waals surface area contributed by atoms with Gasteiger partial charge in [-0.3, -0.25) is 0 Å². The number of piperidine rings is 1. The second-order valence-electron chi connectivity index (χ2n) is 6.88. The lowest BCUT2D eigenvalue weighted by Crippen LogP contribution is -2.48. The predicted molar refractivity (Wildman–Crippen MR) is 101 cm³/mol. The van der Waals surface area contributed by atoms with Crippen LogP contribution in [0.4, 0.5) is 5.69 Å². The maximum Gasteiger partial charge on any atom is 0.187 e. The van der Waals surface area contributed by atoms with E-state index in [1.54, 1.807) is 24.3 Å². The maximum absolute atomic E-state index is 10.7. The monoisotopic (exact) mass is 352 g/mol. The first-order chi connectivity index (χ1) is 12.6. The van der Waals surface area contributed by atoms with Gasteiger partial charge in [-0.05, 0) is 49.1 Å². The molecular weight excluding hydrogens is 328 g/mol. The van der Waals surface area contributed by atoms with Crippen LogP contribution in [0.3, 0.4) is 0 Å². The molecule has 136 valence electrons. The molecule has 0 amide bonds. The van der Waals surface area contributed by atoms with E-state index < -0.39 is 5.60 Å². The van der Waals surface area contributed by atoms with Crippen molar-refractivity contribution in [2.45, 2.75) is 24.9 Å². The Hall–Kier alpha value is -2.55. The van der Waals surface area contributed by atoms with Crippen LogP contribution in [0.25, 0.3) is 4.85 Å². The summed E-state index contributed by atoms with van der Waals surface area (Å²) in [6, 6.07) is 14.3. The van der Waals surface area contributed by atoms with Crippen LogP contribution in [0.1, 0.15) is 18.4 Å². The zero-order chi connectivity index (χ0) is 18.4. The van der Waals surface area contributed by atoms with Gasteiger partial charge in [0.15, 0.2) is 5.69 Å². The summed E-state index contributed by atoms with van der Waals surface area (Å²) < 4.78 is 5.69. The normalized spacial score (nSPS) is 16.8. The molecule has 3 rings (SSSR count). The van der Waals surface area contributed by atoms with Crippen LogP contribution in [0.15, 0.2) is 48.5 Å². The highest BCUT2D eigenvalue weighted by Gasteiger charge is 2.32. The number of rotatable bonds is 6. The van der Waals surface area contributed by atoms with Crippen LogP contribution >= 0.6 is 0 Å². The summed E-state index contributed by atoms with van der Waals surface area (Å²) in [5.74, 6) is 0.856. The Bertz CT molecular complexity index is 742. The molecule has 1 aliphatic rings. The van der Waals surface area contributed by atoms with Crippen molar-refractivity contribution in [2.75, 3.05) is 26.2 Å². The van der Waals surface area contributed by atoms with Crippen molar-refractivity contribution in [2.24, 2.45) is 0 Å². The molecule has 0 bridgehead atoms. The molecule has 0 spiro atoms. The van der Waals surface area contributed by atoms with Crippen LogP contribution in [0.2, 0.25) is 0 Å². The summed E-state index contributed by atoms with van der Waals surface area (Å²) >= 11 is 0. The second-order valence-corrected chi connectivity index (χ2v) is 6.88. The number of hydrogen-bond donors (Lipinski definition) is 2. The molecule has 5 heteroatoms. The molecule has 2 aromatic rings. The zero-order valence-electron chi connectivity index (χ0n) is 14.8. The summed E-state index contributed by atoms with van der Waals surface area (Å²) in [6.07, 6.45) is 2.31. The number of phenols is 1. The molecule has 0 radical (unpaired) electrons. The van der Waals surface area contributed by atoms with E-state index >= 15 is 0 Å². The van der Waals surface area contributed by atoms with Gasteiger partial charge in [-0.2, -0.15) is 0 Å². The Morgan fingerprint density at radius 2 is 1.69 bits per heavy atom. The van der Waals surface area contributed by atoms with E-state index in [1.165, 1.54) is 5.56 Å². The number of hydrogen-bond acceptors (Lipinski definition) is 4. The topological polar surface area (TPSA) is 57.3 Å². The van der Waals surface area contributed by atoms with Crippen molar-refractivity contribution in [1.82, 2.24) is 4.90 Å². The number of phenolic OH excluding ortho intramolecular Hbond substituents is 1. The van der Waals surface area contributed by atoms with Crippen molar-refractivity contribution in [1.29, 1.82) is 0 Å². The highest BCUT2D eigenvalue weighted by atomic mass is 16.5. The van der Waals surface area contributed by atoms with Crippen molar-refractivity contribution in [3.8, 4) is 11.5 Å². The van der Waals surface area contributed by atoms with Gasteiger partial charge in [0.25, 0.3) is 0 Å². The van der Waals surface area contributed by atoms with Crippen LogP contribution in [0, 0.1) is 6.57 Å². The fourth-order valence-corrected chi connectivity index (χ4v) is 3.12. The molecular formula is C21H24N2O3.